The van der Waals surface area contributed by atoms with Crippen molar-refractivity contribution in [2.24, 2.45) is 7.05 Å². The number of aliphatic hydroxyl groups excluding tert-OH is 1. The average molecular weight is 344 g/mol. The van der Waals surface area contributed by atoms with Gasteiger partial charge in [0, 0.05) is 57.1 Å². The zero-order valence-corrected chi connectivity index (χ0v) is 15.1. The molecule has 0 bridgehead atoms. The summed E-state index contributed by atoms with van der Waals surface area (Å²) in [6, 6.07) is 10.2. The Labute approximate surface area is 149 Å². The molecule has 1 N–H and O–H groups in total. The number of ether oxygens (including phenoxy) is 1. The van der Waals surface area contributed by atoms with Crippen LogP contribution in [0.4, 0.5) is 0 Å². The Bertz CT molecular complexity index is 653. The van der Waals surface area contributed by atoms with E-state index in [9.17, 15) is 5.11 Å². The highest BCUT2D eigenvalue weighted by molar-refractivity contribution is 5.62. The number of hydrogen-bond donors (Lipinski definition) is 1. The van der Waals surface area contributed by atoms with E-state index in [1.165, 1.54) is 5.56 Å². The molecule has 1 aromatic carbocycles. The van der Waals surface area contributed by atoms with Gasteiger partial charge in [0.25, 0.3) is 0 Å². The number of β-amino-alcohol motifs (C(OH)–C–C–N with tert-alkyl or cyclic N) is 1. The second-order valence-electron chi connectivity index (χ2n) is 6.81. The van der Waals surface area contributed by atoms with Crippen LogP contribution in [0.2, 0.25) is 0 Å². The van der Waals surface area contributed by atoms with Gasteiger partial charge in [-0.1, -0.05) is 30.3 Å². The summed E-state index contributed by atoms with van der Waals surface area (Å²) in [6.07, 6.45) is 1.70. The van der Waals surface area contributed by atoms with E-state index < -0.39 is 0 Å². The van der Waals surface area contributed by atoms with Gasteiger partial charge in [0.1, 0.15) is 0 Å². The quantitative estimate of drug-likeness (QED) is 0.818. The van der Waals surface area contributed by atoms with Crippen LogP contribution in [0.3, 0.4) is 0 Å². The molecule has 1 aromatic heterocycles. The van der Waals surface area contributed by atoms with Gasteiger partial charge in [-0.25, -0.2) is 0 Å². The summed E-state index contributed by atoms with van der Waals surface area (Å²) in [4.78, 5) is 4.43. The minimum atomic E-state index is -0.361. The second-order valence-corrected chi connectivity index (χ2v) is 6.81. The average Bonchev–Trinajstić information content (AvgIpc) is 2.96. The standard InChI is InChI=1S/C19H28N4O2/c1-21(14-18(24)15-23-8-10-25-11-9-23)12-17-13-22(2)20-19(17)16-6-4-3-5-7-16/h3-7,13,18,24H,8-12,14-15H2,1-2H3. The maximum atomic E-state index is 10.4. The highest BCUT2D eigenvalue weighted by Crippen LogP contribution is 2.22. The Morgan fingerprint density at radius 2 is 1.96 bits per heavy atom. The minimum Gasteiger partial charge on any atom is -0.390 e. The van der Waals surface area contributed by atoms with Crippen LogP contribution in [0.1, 0.15) is 5.56 Å². The Kier molecular flexibility index (Phi) is 6.20. The lowest BCUT2D eigenvalue weighted by Gasteiger charge is -2.30. The molecule has 2 aromatic rings. The maximum absolute atomic E-state index is 10.4. The first-order chi connectivity index (χ1) is 12.1. The van der Waals surface area contributed by atoms with Crippen molar-refractivity contribution in [1.29, 1.82) is 0 Å². The van der Waals surface area contributed by atoms with E-state index in [0.29, 0.717) is 13.1 Å². The molecular weight excluding hydrogens is 316 g/mol. The van der Waals surface area contributed by atoms with Crippen molar-refractivity contribution in [3.8, 4) is 11.3 Å². The Morgan fingerprint density at radius 1 is 1.24 bits per heavy atom. The molecular formula is C19H28N4O2. The molecule has 3 rings (SSSR count). The molecule has 2 heterocycles. The summed E-state index contributed by atoms with van der Waals surface area (Å²) >= 11 is 0. The van der Waals surface area contributed by atoms with Gasteiger partial charge in [0.2, 0.25) is 0 Å². The Balaban J connectivity index is 1.58. The normalized spacial score (nSPS) is 17.1. The molecule has 0 spiro atoms. The van der Waals surface area contributed by atoms with E-state index in [0.717, 1.165) is 44.1 Å². The van der Waals surface area contributed by atoms with E-state index in [2.05, 4.69) is 33.2 Å². The van der Waals surface area contributed by atoms with Gasteiger partial charge in [-0.05, 0) is 7.05 Å². The van der Waals surface area contributed by atoms with Gasteiger partial charge in [0.15, 0.2) is 0 Å². The van der Waals surface area contributed by atoms with E-state index in [-0.39, 0.29) is 6.10 Å². The fourth-order valence-corrected chi connectivity index (χ4v) is 3.35. The van der Waals surface area contributed by atoms with Gasteiger partial charge in [-0.15, -0.1) is 0 Å². The highest BCUT2D eigenvalue weighted by atomic mass is 16.5. The third-order valence-corrected chi connectivity index (χ3v) is 4.49. The van der Waals surface area contributed by atoms with E-state index in [1.54, 1.807) is 0 Å². The molecule has 136 valence electrons. The topological polar surface area (TPSA) is 53.8 Å². The Hall–Kier alpha value is -1.73. The number of aromatic nitrogens is 2. The van der Waals surface area contributed by atoms with Crippen molar-refractivity contribution >= 4 is 0 Å². The number of aryl methyl sites for hydroxylation is 1. The molecule has 0 radical (unpaired) electrons. The molecule has 1 aliphatic heterocycles. The number of benzene rings is 1. The smallest absolute Gasteiger partial charge is 0.0968 e. The van der Waals surface area contributed by atoms with Crippen molar-refractivity contribution in [2.75, 3.05) is 46.4 Å². The predicted molar refractivity (Wildman–Crippen MR) is 98.2 cm³/mol. The van der Waals surface area contributed by atoms with Crippen molar-refractivity contribution in [2.45, 2.75) is 12.6 Å². The molecule has 0 saturated carbocycles. The molecule has 1 fully saturated rings. The van der Waals surface area contributed by atoms with Gasteiger partial charge >= 0.3 is 0 Å². The summed E-state index contributed by atoms with van der Waals surface area (Å²) in [5, 5.41) is 15.0. The van der Waals surface area contributed by atoms with Crippen molar-refractivity contribution in [3.63, 3.8) is 0 Å². The molecule has 6 heteroatoms. The maximum Gasteiger partial charge on any atom is 0.0968 e. The lowest BCUT2D eigenvalue weighted by Crippen LogP contribution is -2.43. The predicted octanol–water partition coefficient (Wildman–Crippen LogP) is 1.21. The van der Waals surface area contributed by atoms with Crippen LogP contribution in [-0.2, 0) is 18.3 Å². The number of likely N-dealkylation sites (N-methyl/N-ethyl adjacent to an activating group) is 1. The minimum absolute atomic E-state index is 0.361. The first kappa shape index (κ1) is 18.1. The van der Waals surface area contributed by atoms with Crippen molar-refractivity contribution < 1.29 is 9.84 Å². The van der Waals surface area contributed by atoms with Crippen LogP contribution in [0.15, 0.2) is 36.5 Å². The van der Waals surface area contributed by atoms with Crippen molar-refractivity contribution in [1.82, 2.24) is 19.6 Å². The van der Waals surface area contributed by atoms with Crippen LogP contribution in [-0.4, -0.2) is 77.2 Å². The van der Waals surface area contributed by atoms with Crippen LogP contribution in [0, 0.1) is 0 Å². The summed E-state index contributed by atoms with van der Waals surface area (Å²) < 4.78 is 7.21. The zero-order chi connectivity index (χ0) is 17.6. The second kappa shape index (κ2) is 8.58. The highest BCUT2D eigenvalue weighted by Gasteiger charge is 2.18. The monoisotopic (exact) mass is 344 g/mol. The number of rotatable bonds is 7. The first-order valence-electron chi connectivity index (χ1n) is 8.86. The summed E-state index contributed by atoms with van der Waals surface area (Å²) in [6.45, 7) is 5.44. The third kappa shape index (κ3) is 5.12. The fraction of sp³-hybridized carbons (Fsp3) is 0.526. The molecule has 1 unspecified atom stereocenters. The molecule has 6 nitrogen and oxygen atoms in total. The summed E-state index contributed by atoms with van der Waals surface area (Å²) in [7, 11) is 3.99. The van der Waals surface area contributed by atoms with E-state index in [1.807, 2.05) is 37.0 Å². The summed E-state index contributed by atoms with van der Waals surface area (Å²) in [5.74, 6) is 0. The van der Waals surface area contributed by atoms with Gasteiger partial charge in [0.05, 0.1) is 25.0 Å². The first-order valence-corrected chi connectivity index (χ1v) is 8.86. The number of aliphatic hydroxyl groups is 1. The fourth-order valence-electron chi connectivity index (χ4n) is 3.35. The summed E-state index contributed by atoms with van der Waals surface area (Å²) in [5.41, 5.74) is 3.31. The van der Waals surface area contributed by atoms with E-state index >= 15 is 0 Å². The number of nitrogens with zero attached hydrogens (tertiary/aromatic N) is 4. The number of hydrogen-bond acceptors (Lipinski definition) is 5. The largest absolute Gasteiger partial charge is 0.390 e. The van der Waals surface area contributed by atoms with Gasteiger partial charge in [-0.2, -0.15) is 5.10 Å². The van der Waals surface area contributed by atoms with Crippen molar-refractivity contribution in [3.05, 3.63) is 42.1 Å². The van der Waals surface area contributed by atoms with E-state index in [4.69, 9.17) is 4.74 Å². The number of morpholine rings is 1. The lowest BCUT2D eigenvalue weighted by atomic mass is 10.1. The molecule has 1 atom stereocenters. The SMILES string of the molecule is CN(Cc1cn(C)nc1-c1ccccc1)CC(O)CN1CCOCC1. The van der Waals surface area contributed by atoms with Crippen LogP contribution in [0.5, 0.6) is 0 Å². The van der Waals surface area contributed by atoms with Crippen LogP contribution < -0.4 is 0 Å². The Morgan fingerprint density at radius 3 is 2.68 bits per heavy atom. The molecule has 1 aliphatic rings. The molecule has 25 heavy (non-hydrogen) atoms. The molecule has 0 aliphatic carbocycles. The van der Waals surface area contributed by atoms with Gasteiger partial charge in [-0.3, -0.25) is 14.5 Å². The lowest BCUT2D eigenvalue weighted by molar-refractivity contribution is 0.00826. The van der Waals surface area contributed by atoms with Crippen LogP contribution >= 0.6 is 0 Å². The van der Waals surface area contributed by atoms with Gasteiger partial charge < -0.3 is 9.84 Å². The zero-order valence-electron chi connectivity index (χ0n) is 15.1. The third-order valence-electron chi connectivity index (χ3n) is 4.49. The van der Waals surface area contributed by atoms with Crippen LogP contribution in [0.25, 0.3) is 11.3 Å². The molecule has 1 saturated heterocycles. The molecule has 0 amide bonds.